The standard InChI is InChI=1S/C21H17FN2O3/c1-12-10-14(11-13(2)19(12)25-3)20-23-16-8-9-18(24-21(16)27-20)26-17-7-5-4-6-15(17)22/h4-11H,1-3H3. The van der Waals surface area contributed by atoms with Gasteiger partial charge in [-0.15, -0.1) is 0 Å². The van der Waals surface area contributed by atoms with Gasteiger partial charge in [-0.3, -0.25) is 0 Å². The van der Waals surface area contributed by atoms with E-state index in [4.69, 9.17) is 13.9 Å². The van der Waals surface area contributed by atoms with E-state index in [-0.39, 0.29) is 11.6 Å². The molecule has 27 heavy (non-hydrogen) atoms. The summed E-state index contributed by atoms with van der Waals surface area (Å²) >= 11 is 0. The van der Waals surface area contributed by atoms with Crippen molar-refractivity contribution in [3.8, 4) is 28.8 Å². The number of rotatable bonds is 4. The molecule has 5 nitrogen and oxygen atoms in total. The Morgan fingerprint density at radius 1 is 0.963 bits per heavy atom. The molecular formula is C21H17FN2O3. The molecule has 0 aliphatic carbocycles. The first-order chi connectivity index (χ1) is 13.0. The van der Waals surface area contributed by atoms with Gasteiger partial charge in [0, 0.05) is 11.6 Å². The molecule has 0 atom stereocenters. The number of hydrogen-bond donors (Lipinski definition) is 0. The molecule has 0 amide bonds. The van der Waals surface area contributed by atoms with Crippen molar-refractivity contribution in [2.75, 3.05) is 7.11 Å². The van der Waals surface area contributed by atoms with E-state index in [9.17, 15) is 4.39 Å². The number of aryl methyl sites for hydroxylation is 2. The highest BCUT2D eigenvalue weighted by Gasteiger charge is 2.14. The zero-order valence-corrected chi connectivity index (χ0v) is 15.1. The van der Waals surface area contributed by atoms with Crippen molar-refractivity contribution in [2.24, 2.45) is 0 Å². The predicted octanol–water partition coefficient (Wildman–Crippen LogP) is 5.45. The van der Waals surface area contributed by atoms with Crippen molar-refractivity contribution >= 4 is 11.2 Å². The first kappa shape index (κ1) is 17.0. The van der Waals surface area contributed by atoms with Crippen LogP contribution >= 0.6 is 0 Å². The number of hydrogen-bond acceptors (Lipinski definition) is 5. The van der Waals surface area contributed by atoms with Crippen LogP contribution in [0.15, 0.2) is 52.9 Å². The highest BCUT2D eigenvalue weighted by Crippen LogP contribution is 2.32. The smallest absolute Gasteiger partial charge is 0.250 e. The highest BCUT2D eigenvalue weighted by atomic mass is 19.1. The fourth-order valence-electron chi connectivity index (χ4n) is 3.02. The second-order valence-electron chi connectivity index (χ2n) is 6.17. The molecule has 0 fully saturated rings. The monoisotopic (exact) mass is 364 g/mol. The summed E-state index contributed by atoms with van der Waals surface area (Å²) in [5.41, 5.74) is 3.74. The third-order valence-corrected chi connectivity index (χ3v) is 4.19. The van der Waals surface area contributed by atoms with E-state index in [0.29, 0.717) is 17.1 Å². The minimum atomic E-state index is -0.457. The minimum absolute atomic E-state index is 0.102. The number of ether oxygens (including phenoxy) is 2. The van der Waals surface area contributed by atoms with Crippen molar-refractivity contribution in [1.82, 2.24) is 9.97 Å². The molecule has 6 heteroatoms. The van der Waals surface area contributed by atoms with Gasteiger partial charge in [0.05, 0.1) is 7.11 Å². The van der Waals surface area contributed by atoms with E-state index in [0.717, 1.165) is 22.4 Å². The highest BCUT2D eigenvalue weighted by molar-refractivity contribution is 5.74. The summed E-state index contributed by atoms with van der Waals surface area (Å²) in [7, 11) is 1.65. The molecular weight excluding hydrogens is 347 g/mol. The Labute approximate surface area is 155 Å². The number of methoxy groups -OCH3 is 1. The van der Waals surface area contributed by atoms with E-state index in [1.807, 2.05) is 26.0 Å². The quantitative estimate of drug-likeness (QED) is 0.482. The zero-order chi connectivity index (χ0) is 19.0. The molecule has 0 aliphatic heterocycles. The molecule has 0 spiro atoms. The molecule has 2 aromatic heterocycles. The first-order valence-electron chi connectivity index (χ1n) is 8.41. The molecule has 0 saturated heterocycles. The predicted molar refractivity (Wildman–Crippen MR) is 99.7 cm³/mol. The summed E-state index contributed by atoms with van der Waals surface area (Å²) in [5.74, 6) is 1.17. The van der Waals surface area contributed by atoms with E-state index < -0.39 is 5.82 Å². The average Bonchev–Trinajstić information content (AvgIpc) is 3.07. The van der Waals surface area contributed by atoms with Crippen LogP contribution in [0.5, 0.6) is 17.4 Å². The third kappa shape index (κ3) is 3.21. The topological polar surface area (TPSA) is 57.4 Å². The third-order valence-electron chi connectivity index (χ3n) is 4.19. The molecule has 0 saturated carbocycles. The number of benzene rings is 2. The summed E-state index contributed by atoms with van der Waals surface area (Å²) in [6.07, 6.45) is 0. The lowest BCUT2D eigenvalue weighted by Crippen LogP contribution is -1.92. The van der Waals surface area contributed by atoms with Crippen LogP contribution in [0.3, 0.4) is 0 Å². The largest absolute Gasteiger partial charge is 0.496 e. The van der Waals surface area contributed by atoms with Crippen LogP contribution in [0.4, 0.5) is 4.39 Å². The number of oxazole rings is 1. The maximum atomic E-state index is 13.8. The van der Waals surface area contributed by atoms with Gasteiger partial charge in [-0.2, -0.15) is 4.98 Å². The Kier molecular flexibility index (Phi) is 4.24. The van der Waals surface area contributed by atoms with Gasteiger partial charge in [-0.05, 0) is 55.3 Å². The van der Waals surface area contributed by atoms with Gasteiger partial charge < -0.3 is 13.9 Å². The summed E-state index contributed by atoms with van der Waals surface area (Å²) in [6.45, 7) is 3.94. The van der Waals surface area contributed by atoms with E-state index in [1.165, 1.54) is 12.1 Å². The number of para-hydroxylation sites is 1. The fraction of sp³-hybridized carbons (Fsp3) is 0.143. The Bertz CT molecular complexity index is 1110. The van der Waals surface area contributed by atoms with Crippen LogP contribution in [-0.2, 0) is 0 Å². The normalized spacial score (nSPS) is 11.0. The lowest BCUT2D eigenvalue weighted by Gasteiger charge is -2.09. The lowest BCUT2D eigenvalue weighted by atomic mass is 10.1. The van der Waals surface area contributed by atoms with Crippen LogP contribution < -0.4 is 9.47 Å². The molecule has 0 bridgehead atoms. The molecule has 0 radical (unpaired) electrons. The molecule has 0 N–H and O–H groups in total. The van der Waals surface area contributed by atoms with Gasteiger partial charge in [0.1, 0.15) is 11.3 Å². The SMILES string of the molecule is COc1c(C)cc(-c2nc3ccc(Oc4ccccc4F)nc3o2)cc1C. The minimum Gasteiger partial charge on any atom is -0.496 e. The maximum absolute atomic E-state index is 13.8. The Hall–Kier alpha value is -3.41. The molecule has 4 rings (SSSR count). The molecule has 4 aromatic rings. The Morgan fingerprint density at radius 3 is 2.41 bits per heavy atom. The van der Waals surface area contributed by atoms with Crippen molar-refractivity contribution < 1.29 is 18.3 Å². The molecule has 0 unspecified atom stereocenters. The summed E-state index contributed by atoms with van der Waals surface area (Å²) in [6, 6.07) is 13.4. The van der Waals surface area contributed by atoms with Gasteiger partial charge >= 0.3 is 0 Å². The average molecular weight is 364 g/mol. The van der Waals surface area contributed by atoms with E-state index >= 15 is 0 Å². The molecule has 0 aliphatic rings. The van der Waals surface area contributed by atoms with Gasteiger partial charge in [0.2, 0.25) is 11.8 Å². The Balaban J connectivity index is 1.70. The van der Waals surface area contributed by atoms with Crippen LogP contribution in [-0.4, -0.2) is 17.1 Å². The van der Waals surface area contributed by atoms with Gasteiger partial charge in [-0.25, -0.2) is 9.37 Å². The fourth-order valence-corrected chi connectivity index (χ4v) is 3.02. The second kappa shape index (κ2) is 6.72. The number of fused-ring (bicyclic) bond motifs is 1. The number of nitrogens with zero attached hydrogens (tertiary/aromatic N) is 2. The number of aromatic nitrogens is 2. The van der Waals surface area contributed by atoms with Gasteiger partial charge in [-0.1, -0.05) is 12.1 Å². The van der Waals surface area contributed by atoms with Crippen molar-refractivity contribution in [2.45, 2.75) is 13.8 Å². The van der Waals surface area contributed by atoms with Crippen LogP contribution in [0.1, 0.15) is 11.1 Å². The van der Waals surface area contributed by atoms with Gasteiger partial charge in [0.25, 0.3) is 5.71 Å². The lowest BCUT2D eigenvalue weighted by molar-refractivity contribution is 0.408. The zero-order valence-electron chi connectivity index (χ0n) is 15.1. The summed E-state index contributed by atoms with van der Waals surface area (Å²) in [5, 5.41) is 0. The second-order valence-corrected chi connectivity index (χ2v) is 6.17. The van der Waals surface area contributed by atoms with Crippen LogP contribution in [0, 0.1) is 19.7 Å². The summed E-state index contributed by atoms with van der Waals surface area (Å²) < 4.78 is 30.5. The maximum Gasteiger partial charge on any atom is 0.250 e. The number of pyridine rings is 1. The molecule has 136 valence electrons. The molecule has 2 aromatic carbocycles. The van der Waals surface area contributed by atoms with Gasteiger partial charge in [0.15, 0.2) is 11.6 Å². The van der Waals surface area contributed by atoms with Crippen LogP contribution in [0.2, 0.25) is 0 Å². The van der Waals surface area contributed by atoms with Crippen molar-refractivity contribution in [1.29, 1.82) is 0 Å². The van der Waals surface area contributed by atoms with Crippen molar-refractivity contribution in [3.05, 3.63) is 65.5 Å². The summed E-state index contributed by atoms with van der Waals surface area (Å²) in [4.78, 5) is 8.78. The Morgan fingerprint density at radius 2 is 1.70 bits per heavy atom. The van der Waals surface area contributed by atoms with E-state index in [2.05, 4.69) is 9.97 Å². The van der Waals surface area contributed by atoms with Crippen LogP contribution in [0.25, 0.3) is 22.7 Å². The number of halogens is 1. The van der Waals surface area contributed by atoms with E-state index in [1.54, 1.807) is 31.4 Å². The first-order valence-corrected chi connectivity index (χ1v) is 8.41. The van der Waals surface area contributed by atoms with Crippen molar-refractivity contribution in [3.63, 3.8) is 0 Å². The molecule has 2 heterocycles.